The maximum atomic E-state index is 5.57. The van der Waals surface area contributed by atoms with Gasteiger partial charge in [-0.15, -0.1) is 0 Å². The number of imidazole rings is 1. The second-order valence-electron chi connectivity index (χ2n) is 5.47. The molecule has 0 atom stereocenters. The van der Waals surface area contributed by atoms with E-state index in [2.05, 4.69) is 49.3 Å². The van der Waals surface area contributed by atoms with Crippen LogP contribution in [0.1, 0.15) is 32.3 Å². The molecule has 3 nitrogen and oxygen atoms in total. The average molecular weight is 284 g/mol. The lowest BCUT2D eigenvalue weighted by Crippen LogP contribution is -2.11. The van der Waals surface area contributed by atoms with Crippen LogP contribution in [0.15, 0.2) is 36.9 Å². The van der Waals surface area contributed by atoms with Gasteiger partial charge in [-0.1, -0.05) is 50.8 Å². The van der Waals surface area contributed by atoms with Crippen LogP contribution in [0, 0.1) is 5.92 Å². The molecular formula is C18H24N2O. The Bertz CT molecular complexity index is 585. The van der Waals surface area contributed by atoms with Gasteiger partial charge in [-0.3, -0.25) is 0 Å². The molecule has 0 unspecified atom stereocenters. The fraction of sp³-hybridized carbons (Fsp3) is 0.389. The van der Waals surface area contributed by atoms with Crippen molar-refractivity contribution in [2.24, 2.45) is 5.92 Å². The van der Waals surface area contributed by atoms with Crippen molar-refractivity contribution in [1.82, 2.24) is 9.55 Å². The maximum Gasteiger partial charge on any atom is 0.136 e. The predicted octanol–water partition coefficient (Wildman–Crippen LogP) is 4.39. The molecule has 0 aliphatic heterocycles. The zero-order valence-electron chi connectivity index (χ0n) is 13.2. The summed E-state index contributed by atoms with van der Waals surface area (Å²) in [6.45, 7) is 12.5. The molecule has 0 N–H and O–H groups in total. The lowest BCUT2D eigenvalue weighted by atomic mass is 10.1. The van der Waals surface area contributed by atoms with E-state index < -0.39 is 0 Å². The molecule has 2 aromatic rings. The molecule has 0 fully saturated rings. The molecule has 0 aliphatic rings. The molecule has 0 spiro atoms. The lowest BCUT2D eigenvalue weighted by Gasteiger charge is -2.15. The third kappa shape index (κ3) is 3.61. The molecule has 1 heterocycles. The highest BCUT2D eigenvalue weighted by Crippen LogP contribution is 2.27. The van der Waals surface area contributed by atoms with Gasteiger partial charge in [0, 0.05) is 18.7 Å². The Morgan fingerprint density at radius 2 is 2.00 bits per heavy atom. The van der Waals surface area contributed by atoms with Crippen molar-refractivity contribution in [1.29, 1.82) is 0 Å². The van der Waals surface area contributed by atoms with Gasteiger partial charge in [0.25, 0.3) is 0 Å². The first-order chi connectivity index (χ1) is 10.2. The summed E-state index contributed by atoms with van der Waals surface area (Å²) in [5.74, 6) is 1.51. The van der Waals surface area contributed by atoms with Crippen molar-refractivity contribution in [3.05, 3.63) is 48.4 Å². The van der Waals surface area contributed by atoms with Gasteiger partial charge < -0.3 is 9.30 Å². The van der Waals surface area contributed by atoms with Crippen LogP contribution in [0.25, 0.3) is 17.3 Å². The van der Waals surface area contributed by atoms with Gasteiger partial charge in [0.1, 0.15) is 12.4 Å². The van der Waals surface area contributed by atoms with Crippen molar-refractivity contribution in [3.63, 3.8) is 0 Å². The van der Waals surface area contributed by atoms with E-state index in [1.807, 2.05) is 19.1 Å². The minimum atomic E-state index is 0.539. The first-order valence-electron chi connectivity index (χ1n) is 7.52. The Labute approximate surface area is 127 Å². The van der Waals surface area contributed by atoms with Gasteiger partial charge in [0.05, 0.1) is 11.4 Å². The van der Waals surface area contributed by atoms with Crippen LogP contribution < -0.4 is 0 Å². The average Bonchev–Trinajstić information content (AvgIpc) is 2.83. The van der Waals surface area contributed by atoms with Crippen LogP contribution >= 0.6 is 0 Å². The highest BCUT2D eigenvalue weighted by atomic mass is 16.5. The van der Waals surface area contributed by atoms with E-state index in [1.54, 1.807) is 0 Å². The molecule has 0 bridgehead atoms. The Morgan fingerprint density at radius 3 is 2.57 bits per heavy atom. The van der Waals surface area contributed by atoms with E-state index in [1.165, 1.54) is 5.56 Å². The Balaban J connectivity index is 2.54. The quantitative estimate of drug-likeness (QED) is 0.754. The van der Waals surface area contributed by atoms with Crippen LogP contribution in [-0.2, 0) is 17.9 Å². The maximum absolute atomic E-state index is 5.57. The Morgan fingerprint density at radius 1 is 1.29 bits per heavy atom. The topological polar surface area (TPSA) is 27.1 Å². The summed E-state index contributed by atoms with van der Waals surface area (Å²) in [4.78, 5) is 4.72. The van der Waals surface area contributed by atoms with E-state index in [0.29, 0.717) is 19.1 Å². The Hall–Kier alpha value is -1.87. The number of ether oxygens (including phenoxy) is 1. The van der Waals surface area contributed by atoms with Crippen LogP contribution in [0.5, 0.6) is 0 Å². The third-order valence-electron chi connectivity index (χ3n) is 3.30. The SMILES string of the molecule is C=Cc1nc(COCC)n(CC(C)C)c1-c1ccccc1. The van der Waals surface area contributed by atoms with E-state index in [9.17, 15) is 0 Å². The molecule has 0 radical (unpaired) electrons. The number of rotatable bonds is 7. The van der Waals surface area contributed by atoms with Crippen molar-refractivity contribution in [2.75, 3.05) is 6.61 Å². The van der Waals surface area contributed by atoms with Crippen LogP contribution in [0.4, 0.5) is 0 Å². The zero-order valence-corrected chi connectivity index (χ0v) is 13.2. The predicted molar refractivity (Wildman–Crippen MR) is 87.9 cm³/mol. The van der Waals surface area contributed by atoms with Gasteiger partial charge in [0.2, 0.25) is 0 Å². The normalized spacial score (nSPS) is 11.0. The van der Waals surface area contributed by atoms with Crippen molar-refractivity contribution in [3.8, 4) is 11.3 Å². The largest absolute Gasteiger partial charge is 0.374 e. The molecule has 0 saturated heterocycles. The molecule has 21 heavy (non-hydrogen) atoms. The molecule has 3 heteroatoms. The van der Waals surface area contributed by atoms with Gasteiger partial charge in [-0.25, -0.2) is 4.98 Å². The molecule has 1 aromatic carbocycles. The van der Waals surface area contributed by atoms with Crippen LogP contribution in [-0.4, -0.2) is 16.2 Å². The molecule has 0 aliphatic carbocycles. The molecule has 2 rings (SSSR count). The van der Waals surface area contributed by atoms with Crippen LogP contribution in [0.2, 0.25) is 0 Å². The van der Waals surface area contributed by atoms with E-state index in [0.717, 1.165) is 23.8 Å². The summed E-state index contributed by atoms with van der Waals surface area (Å²) in [6.07, 6.45) is 1.83. The van der Waals surface area contributed by atoms with E-state index in [-0.39, 0.29) is 0 Å². The van der Waals surface area contributed by atoms with E-state index in [4.69, 9.17) is 9.72 Å². The molecule has 0 amide bonds. The summed E-state index contributed by atoms with van der Waals surface area (Å²) in [6, 6.07) is 10.4. The molecule has 1 aromatic heterocycles. The van der Waals surface area contributed by atoms with Gasteiger partial charge in [-0.2, -0.15) is 0 Å². The molecule has 0 saturated carbocycles. The standard InChI is InChI=1S/C18H24N2O/c1-5-16-18(15-10-8-7-9-11-15)20(12-14(3)4)17(19-16)13-21-6-2/h5,7-11,14H,1,6,12-13H2,2-4H3. The van der Waals surface area contributed by atoms with Crippen molar-refractivity contribution in [2.45, 2.75) is 33.9 Å². The van der Waals surface area contributed by atoms with Gasteiger partial charge >= 0.3 is 0 Å². The van der Waals surface area contributed by atoms with Crippen LogP contribution in [0.3, 0.4) is 0 Å². The minimum Gasteiger partial charge on any atom is -0.374 e. The molecular weight excluding hydrogens is 260 g/mol. The second-order valence-corrected chi connectivity index (χ2v) is 5.47. The fourth-order valence-electron chi connectivity index (χ4n) is 2.43. The highest BCUT2D eigenvalue weighted by Gasteiger charge is 2.17. The van der Waals surface area contributed by atoms with Crippen molar-refractivity contribution >= 4 is 6.08 Å². The Kier molecular flexibility index (Phi) is 5.34. The first-order valence-corrected chi connectivity index (χ1v) is 7.52. The van der Waals surface area contributed by atoms with Gasteiger partial charge in [0.15, 0.2) is 0 Å². The number of nitrogens with zero attached hydrogens (tertiary/aromatic N) is 2. The smallest absolute Gasteiger partial charge is 0.136 e. The summed E-state index contributed by atoms with van der Waals surface area (Å²) in [5, 5.41) is 0. The fourth-order valence-corrected chi connectivity index (χ4v) is 2.43. The monoisotopic (exact) mass is 284 g/mol. The third-order valence-corrected chi connectivity index (χ3v) is 3.30. The van der Waals surface area contributed by atoms with Crippen molar-refractivity contribution < 1.29 is 4.74 Å². The summed E-state index contributed by atoms with van der Waals surface area (Å²) >= 11 is 0. The lowest BCUT2D eigenvalue weighted by molar-refractivity contribution is 0.125. The zero-order chi connectivity index (χ0) is 15.2. The number of aromatic nitrogens is 2. The number of hydrogen-bond acceptors (Lipinski definition) is 2. The number of benzene rings is 1. The number of hydrogen-bond donors (Lipinski definition) is 0. The summed E-state index contributed by atoms with van der Waals surface area (Å²) < 4.78 is 7.84. The summed E-state index contributed by atoms with van der Waals surface area (Å²) in [7, 11) is 0. The van der Waals surface area contributed by atoms with E-state index >= 15 is 0 Å². The minimum absolute atomic E-state index is 0.539. The second kappa shape index (κ2) is 7.23. The van der Waals surface area contributed by atoms with Gasteiger partial charge in [-0.05, 0) is 18.9 Å². The summed E-state index contributed by atoms with van der Waals surface area (Å²) in [5.41, 5.74) is 3.23. The first kappa shape index (κ1) is 15.5. The molecule has 112 valence electrons. The highest BCUT2D eigenvalue weighted by molar-refractivity contribution is 5.70.